The minimum Gasteiger partial charge on any atom is -0.367 e. The summed E-state index contributed by atoms with van der Waals surface area (Å²) in [5, 5.41) is 2.29. The number of nitrogens with zero attached hydrogens (tertiary/aromatic N) is 5. The van der Waals surface area contributed by atoms with E-state index in [0.717, 1.165) is 24.5 Å². The van der Waals surface area contributed by atoms with Crippen LogP contribution in [0.3, 0.4) is 0 Å². The van der Waals surface area contributed by atoms with E-state index in [0.29, 0.717) is 30.9 Å². The van der Waals surface area contributed by atoms with Crippen molar-refractivity contribution in [2.24, 2.45) is 0 Å². The molecule has 0 saturated carbocycles. The van der Waals surface area contributed by atoms with Gasteiger partial charge in [-0.05, 0) is 31.0 Å². The standard InChI is InChI=1S/C23H25FN6O3/c1-14-18(26-5-4-25-14)13-28-6-8-29(9-7-28)20-10-15-12-30(23(33)16(15)11-17(20)24)19-2-3-21(31)27-22(19)32/h4-5,10-11,19H,2-3,6-9,12-13H2,1H3,(H,27,31,32). The van der Waals surface area contributed by atoms with Crippen LogP contribution in [0.25, 0.3) is 0 Å². The first-order valence-corrected chi connectivity index (χ1v) is 11.1. The van der Waals surface area contributed by atoms with Gasteiger partial charge < -0.3 is 9.80 Å². The van der Waals surface area contributed by atoms with Gasteiger partial charge in [-0.25, -0.2) is 4.39 Å². The van der Waals surface area contributed by atoms with Gasteiger partial charge in [-0.1, -0.05) is 0 Å². The first-order chi connectivity index (χ1) is 15.9. The number of anilines is 1. The average Bonchev–Trinajstić information content (AvgIpc) is 3.11. The van der Waals surface area contributed by atoms with Crippen LogP contribution < -0.4 is 10.2 Å². The van der Waals surface area contributed by atoms with E-state index in [-0.39, 0.29) is 36.8 Å². The second-order valence-electron chi connectivity index (χ2n) is 8.71. The molecule has 1 N–H and O–H groups in total. The maximum absolute atomic E-state index is 15.0. The highest BCUT2D eigenvalue weighted by molar-refractivity contribution is 6.05. The lowest BCUT2D eigenvalue weighted by Gasteiger charge is -2.36. The van der Waals surface area contributed by atoms with E-state index in [9.17, 15) is 14.4 Å². The Morgan fingerprint density at radius 1 is 1.09 bits per heavy atom. The molecule has 0 spiro atoms. The molecular formula is C23H25FN6O3. The molecule has 33 heavy (non-hydrogen) atoms. The molecule has 1 atom stereocenters. The lowest BCUT2D eigenvalue weighted by molar-refractivity contribution is -0.136. The molecule has 3 aliphatic heterocycles. The van der Waals surface area contributed by atoms with Gasteiger partial charge in [-0.2, -0.15) is 0 Å². The largest absolute Gasteiger partial charge is 0.367 e. The van der Waals surface area contributed by atoms with Crippen molar-refractivity contribution in [1.29, 1.82) is 0 Å². The van der Waals surface area contributed by atoms with Crippen LogP contribution in [0.15, 0.2) is 24.5 Å². The summed E-state index contributed by atoms with van der Waals surface area (Å²) in [4.78, 5) is 50.9. The fourth-order valence-electron chi connectivity index (χ4n) is 4.77. The van der Waals surface area contributed by atoms with E-state index >= 15 is 4.39 Å². The van der Waals surface area contributed by atoms with Gasteiger partial charge in [0.1, 0.15) is 11.9 Å². The number of hydrogen-bond donors (Lipinski definition) is 1. The number of aromatic nitrogens is 2. The Balaban J connectivity index is 1.27. The molecule has 172 valence electrons. The molecule has 3 amide bonds. The Morgan fingerprint density at radius 3 is 2.58 bits per heavy atom. The molecule has 2 saturated heterocycles. The van der Waals surface area contributed by atoms with E-state index in [4.69, 9.17) is 0 Å². The van der Waals surface area contributed by atoms with Crippen LogP contribution in [0.2, 0.25) is 0 Å². The Hall–Kier alpha value is -3.40. The Kier molecular flexibility index (Phi) is 5.53. The third-order valence-corrected chi connectivity index (χ3v) is 6.66. The zero-order valence-corrected chi connectivity index (χ0v) is 18.4. The fourth-order valence-corrected chi connectivity index (χ4v) is 4.77. The summed E-state index contributed by atoms with van der Waals surface area (Å²) in [5.74, 6) is -1.61. The molecule has 1 aromatic heterocycles. The van der Waals surface area contributed by atoms with Crippen molar-refractivity contribution in [3.05, 3.63) is 52.9 Å². The van der Waals surface area contributed by atoms with E-state index in [1.165, 1.54) is 11.0 Å². The highest BCUT2D eigenvalue weighted by Gasteiger charge is 2.40. The SMILES string of the molecule is Cc1nccnc1CN1CCN(c2cc3c(cc2F)C(=O)N(C2CCC(=O)NC2=O)C3)CC1. The van der Waals surface area contributed by atoms with E-state index in [1.54, 1.807) is 18.5 Å². The normalized spacial score (nSPS) is 21.4. The fraction of sp³-hybridized carbons (Fsp3) is 0.435. The number of piperidine rings is 1. The zero-order chi connectivity index (χ0) is 23.1. The van der Waals surface area contributed by atoms with Crippen molar-refractivity contribution in [1.82, 2.24) is 25.1 Å². The summed E-state index contributed by atoms with van der Waals surface area (Å²) < 4.78 is 15.0. The van der Waals surface area contributed by atoms with Crippen LogP contribution in [0.5, 0.6) is 0 Å². The van der Waals surface area contributed by atoms with E-state index < -0.39 is 17.8 Å². The van der Waals surface area contributed by atoms with Gasteiger partial charge in [0.05, 0.1) is 17.1 Å². The summed E-state index contributed by atoms with van der Waals surface area (Å²) >= 11 is 0. The van der Waals surface area contributed by atoms with Gasteiger partial charge in [0, 0.05) is 63.6 Å². The number of carbonyl (C=O) groups is 3. The van der Waals surface area contributed by atoms with E-state index in [1.807, 2.05) is 11.8 Å². The lowest BCUT2D eigenvalue weighted by Crippen LogP contribution is -2.52. The minimum atomic E-state index is -0.706. The topological polar surface area (TPSA) is 98.7 Å². The van der Waals surface area contributed by atoms with Crippen molar-refractivity contribution in [3.8, 4) is 0 Å². The quantitative estimate of drug-likeness (QED) is 0.692. The number of amides is 3. The van der Waals surface area contributed by atoms with Gasteiger partial charge in [-0.15, -0.1) is 0 Å². The molecule has 2 fully saturated rings. The summed E-state index contributed by atoms with van der Waals surface area (Å²) in [5.41, 5.74) is 3.33. The molecule has 9 nitrogen and oxygen atoms in total. The number of aryl methyl sites for hydroxylation is 1. The number of rotatable bonds is 4. The molecule has 1 aromatic carbocycles. The highest BCUT2D eigenvalue weighted by atomic mass is 19.1. The predicted molar refractivity (Wildman–Crippen MR) is 117 cm³/mol. The van der Waals surface area contributed by atoms with Gasteiger partial charge in [0.2, 0.25) is 11.8 Å². The lowest BCUT2D eigenvalue weighted by atomic mass is 10.0. The van der Waals surface area contributed by atoms with Crippen LogP contribution >= 0.6 is 0 Å². The second-order valence-corrected chi connectivity index (χ2v) is 8.71. The van der Waals surface area contributed by atoms with Crippen LogP contribution in [-0.2, 0) is 22.7 Å². The van der Waals surface area contributed by atoms with Gasteiger partial charge in [0.15, 0.2) is 0 Å². The Labute approximate surface area is 190 Å². The predicted octanol–water partition coefficient (Wildman–Crippen LogP) is 1.01. The van der Waals surface area contributed by atoms with Crippen LogP contribution in [0.1, 0.15) is 40.2 Å². The van der Waals surface area contributed by atoms with Crippen molar-refractivity contribution >= 4 is 23.4 Å². The number of fused-ring (bicyclic) bond motifs is 1. The molecular weight excluding hydrogens is 427 g/mol. The molecule has 2 aromatic rings. The number of carbonyl (C=O) groups excluding carboxylic acids is 3. The van der Waals surface area contributed by atoms with Gasteiger partial charge in [-0.3, -0.25) is 34.6 Å². The molecule has 5 rings (SSSR count). The third-order valence-electron chi connectivity index (χ3n) is 6.66. The summed E-state index contributed by atoms with van der Waals surface area (Å²) in [6.07, 6.45) is 3.85. The number of hydrogen-bond acceptors (Lipinski definition) is 7. The van der Waals surface area contributed by atoms with Crippen molar-refractivity contribution in [2.75, 3.05) is 31.1 Å². The van der Waals surface area contributed by atoms with Crippen molar-refractivity contribution < 1.29 is 18.8 Å². The number of imide groups is 1. The number of halogens is 1. The summed E-state index contributed by atoms with van der Waals surface area (Å²) in [6, 6.07) is 2.31. The Morgan fingerprint density at radius 2 is 1.85 bits per heavy atom. The molecule has 0 radical (unpaired) electrons. The molecule has 0 bridgehead atoms. The number of nitrogens with one attached hydrogen (secondary N) is 1. The minimum absolute atomic E-state index is 0.189. The van der Waals surface area contributed by atoms with E-state index in [2.05, 4.69) is 20.2 Å². The third kappa shape index (κ3) is 4.06. The smallest absolute Gasteiger partial charge is 0.255 e. The number of benzene rings is 1. The Bertz CT molecular complexity index is 1130. The zero-order valence-electron chi connectivity index (χ0n) is 18.4. The average molecular weight is 452 g/mol. The first-order valence-electron chi connectivity index (χ1n) is 11.1. The number of piperazine rings is 1. The van der Waals surface area contributed by atoms with Crippen LogP contribution in [0.4, 0.5) is 10.1 Å². The van der Waals surface area contributed by atoms with Gasteiger partial charge >= 0.3 is 0 Å². The molecule has 0 aliphatic carbocycles. The molecule has 10 heteroatoms. The monoisotopic (exact) mass is 452 g/mol. The van der Waals surface area contributed by atoms with Crippen molar-refractivity contribution in [3.63, 3.8) is 0 Å². The first kappa shape index (κ1) is 21.4. The van der Waals surface area contributed by atoms with Crippen LogP contribution in [0, 0.1) is 12.7 Å². The summed E-state index contributed by atoms with van der Waals surface area (Å²) in [6.45, 7) is 5.70. The maximum atomic E-state index is 15.0. The highest BCUT2D eigenvalue weighted by Crippen LogP contribution is 2.33. The molecule has 1 unspecified atom stereocenters. The van der Waals surface area contributed by atoms with Gasteiger partial charge in [0.25, 0.3) is 5.91 Å². The second kappa shape index (κ2) is 8.51. The summed E-state index contributed by atoms with van der Waals surface area (Å²) in [7, 11) is 0. The maximum Gasteiger partial charge on any atom is 0.255 e. The van der Waals surface area contributed by atoms with Crippen molar-refractivity contribution in [2.45, 2.75) is 38.9 Å². The molecule has 3 aliphatic rings. The molecule has 4 heterocycles. The van der Waals surface area contributed by atoms with Crippen LogP contribution in [-0.4, -0.2) is 69.7 Å².